The molecule has 0 aliphatic heterocycles. The van der Waals surface area contributed by atoms with E-state index in [0.29, 0.717) is 22.3 Å². The molecule has 3 rings (SSSR count). The third kappa shape index (κ3) is 3.96. The third-order valence-electron chi connectivity index (χ3n) is 3.59. The number of nitrogens with one attached hydrogen (secondary N) is 2. The average Bonchev–Trinajstić information content (AvgIpc) is 2.63. The Morgan fingerprint density at radius 1 is 1.00 bits per heavy atom. The lowest BCUT2D eigenvalue weighted by atomic mass is 10.1. The van der Waals surface area contributed by atoms with Gasteiger partial charge in [-0.15, -0.1) is 0 Å². The molecule has 0 atom stereocenters. The SMILES string of the molecule is COCC(=O)Nc1ccc(NC(=O)c2cc3ccccc3oc2=O)cc1. The zero-order chi connectivity index (χ0) is 18.5. The van der Waals surface area contributed by atoms with Crippen LogP contribution in [0.5, 0.6) is 0 Å². The highest BCUT2D eigenvalue weighted by molar-refractivity contribution is 6.05. The molecule has 0 fully saturated rings. The van der Waals surface area contributed by atoms with E-state index in [9.17, 15) is 14.4 Å². The van der Waals surface area contributed by atoms with Crippen molar-refractivity contribution in [3.63, 3.8) is 0 Å². The Balaban J connectivity index is 1.75. The zero-order valence-electron chi connectivity index (χ0n) is 13.9. The van der Waals surface area contributed by atoms with Crippen LogP contribution >= 0.6 is 0 Å². The van der Waals surface area contributed by atoms with Crippen LogP contribution in [-0.4, -0.2) is 25.5 Å². The second-order valence-corrected chi connectivity index (χ2v) is 5.50. The molecule has 0 saturated carbocycles. The smallest absolute Gasteiger partial charge is 0.349 e. The van der Waals surface area contributed by atoms with Gasteiger partial charge in [0.1, 0.15) is 17.8 Å². The van der Waals surface area contributed by atoms with E-state index in [2.05, 4.69) is 10.6 Å². The number of hydrogen-bond acceptors (Lipinski definition) is 5. The van der Waals surface area contributed by atoms with Crippen LogP contribution < -0.4 is 16.3 Å². The Hall–Kier alpha value is -3.45. The summed E-state index contributed by atoms with van der Waals surface area (Å²) in [6, 6.07) is 14.9. The molecule has 2 N–H and O–H groups in total. The van der Waals surface area contributed by atoms with E-state index in [4.69, 9.17) is 9.15 Å². The summed E-state index contributed by atoms with van der Waals surface area (Å²) in [6.07, 6.45) is 0. The quantitative estimate of drug-likeness (QED) is 0.688. The molecule has 1 heterocycles. The lowest BCUT2D eigenvalue weighted by Crippen LogP contribution is -2.20. The van der Waals surface area contributed by atoms with Crippen molar-refractivity contribution in [1.29, 1.82) is 0 Å². The molecule has 26 heavy (non-hydrogen) atoms. The van der Waals surface area contributed by atoms with Gasteiger partial charge in [-0.05, 0) is 36.4 Å². The lowest BCUT2D eigenvalue weighted by Gasteiger charge is -2.08. The highest BCUT2D eigenvalue weighted by Gasteiger charge is 2.14. The standard InChI is InChI=1S/C19H16N2O5/c1-25-11-17(22)20-13-6-8-14(9-7-13)21-18(23)15-10-12-4-2-3-5-16(12)26-19(15)24/h2-10H,11H2,1H3,(H,20,22)(H,21,23). The Labute approximate surface area is 148 Å². The Kier molecular flexibility index (Phi) is 5.09. The second-order valence-electron chi connectivity index (χ2n) is 5.50. The number of ether oxygens (including phenoxy) is 1. The molecular weight excluding hydrogens is 336 g/mol. The van der Waals surface area contributed by atoms with Gasteiger partial charge < -0.3 is 19.8 Å². The minimum atomic E-state index is -0.704. The molecule has 1 aromatic heterocycles. The predicted molar refractivity (Wildman–Crippen MR) is 97.4 cm³/mol. The molecule has 0 radical (unpaired) electrons. The van der Waals surface area contributed by atoms with E-state index in [1.165, 1.54) is 13.2 Å². The summed E-state index contributed by atoms with van der Waals surface area (Å²) in [5, 5.41) is 5.94. The van der Waals surface area contributed by atoms with Gasteiger partial charge >= 0.3 is 5.63 Å². The number of amides is 2. The molecule has 7 nitrogen and oxygen atoms in total. The molecule has 2 amide bonds. The van der Waals surface area contributed by atoms with Crippen LogP contribution in [0, 0.1) is 0 Å². The van der Waals surface area contributed by atoms with Gasteiger partial charge in [0.2, 0.25) is 5.91 Å². The van der Waals surface area contributed by atoms with Crippen LogP contribution in [0.1, 0.15) is 10.4 Å². The Bertz CT molecular complexity index is 1010. The fourth-order valence-electron chi connectivity index (χ4n) is 2.38. The van der Waals surface area contributed by atoms with Crippen LogP contribution in [0.3, 0.4) is 0 Å². The maximum atomic E-state index is 12.4. The molecule has 3 aromatic rings. The van der Waals surface area contributed by atoms with Gasteiger partial charge in [-0.25, -0.2) is 4.79 Å². The summed E-state index contributed by atoms with van der Waals surface area (Å²) in [4.78, 5) is 35.8. The molecule has 2 aromatic carbocycles. The van der Waals surface area contributed by atoms with Crippen molar-refractivity contribution in [3.05, 3.63) is 70.6 Å². The summed E-state index contributed by atoms with van der Waals surface area (Å²) >= 11 is 0. The maximum Gasteiger partial charge on any atom is 0.349 e. The van der Waals surface area contributed by atoms with Crippen LogP contribution in [0.2, 0.25) is 0 Å². The number of benzene rings is 2. The average molecular weight is 352 g/mol. The molecule has 7 heteroatoms. The number of fused-ring (bicyclic) bond motifs is 1. The van der Waals surface area contributed by atoms with Crippen molar-refractivity contribution >= 4 is 34.2 Å². The van der Waals surface area contributed by atoms with Gasteiger partial charge in [0.05, 0.1) is 0 Å². The van der Waals surface area contributed by atoms with E-state index >= 15 is 0 Å². The van der Waals surface area contributed by atoms with Crippen LogP contribution in [-0.2, 0) is 9.53 Å². The number of hydrogen-bond donors (Lipinski definition) is 2. The lowest BCUT2D eigenvalue weighted by molar-refractivity contribution is -0.119. The fourth-order valence-corrected chi connectivity index (χ4v) is 2.38. The number of carbonyl (C=O) groups is 2. The van der Waals surface area contributed by atoms with Crippen molar-refractivity contribution in [2.45, 2.75) is 0 Å². The van der Waals surface area contributed by atoms with Gasteiger partial charge in [-0.3, -0.25) is 9.59 Å². The van der Waals surface area contributed by atoms with Crippen LogP contribution in [0.15, 0.2) is 63.8 Å². The summed E-state index contributed by atoms with van der Waals surface area (Å²) in [7, 11) is 1.43. The normalized spacial score (nSPS) is 10.5. The summed E-state index contributed by atoms with van der Waals surface area (Å²) < 4.78 is 9.90. The highest BCUT2D eigenvalue weighted by atomic mass is 16.5. The van der Waals surface area contributed by atoms with Crippen molar-refractivity contribution in [3.8, 4) is 0 Å². The van der Waals surface area contributed by atoms with Crippen molar-refractivity contribution < 1.29 is 18.7 Å². The molecule has 0 bridgehead atoms. The van der Waals surface area contributed by atoms with Gasteiger partial charge in [0, 0.05) is 23.9 Å². The molecule has 0 aliphatic carbocycles. The summed E-state index contributed by atoms with van der Waals surface area (Å²) in [5.41, 5.74) is 0.679. The number of para-hydroxylation sites is 1. The van der Waals surface area contributed by atoms with E-state index in [-0.39, 0.29) is 18.1 Å². The molecule has 132 valence electrons. The maximum absolute atomic E-state index is 12.4. The molecular formula is C19H16N2O5. The number of anilines is 2. The molecule has 0 aliphatic rings. The summed E-state index contributed by atoms with van der Waals surface area (Å²) in [6.45, 7) is -0.0454. The first-order valence-corrected chi connectivity index (χ1v) is 7.80. The van der Waals surface area contributed by atoms with E-state index in [1.807, 2.05) is 0 Å². The number of carbonyl (C=O) groups excluding carboxylic acids is 2. The topological polar surface area (TPSA) is 97.6 Å². The van der Waals surface area contributed by atoms with E-state index in [0.717, 1.165) is 0 Å². The van der Waals surface area contributed by atoms with Gasteiger partial charge in [0.25, 0.3) is 5.91 Å². The van der Waals surface area contributed by atoms with Crippen molar-refractivity contribution in [1.82, 2.24) is 0 Å². The number of rotatable bonds is 5. The first kappa shape index (κ1) is 17.4. The van der Waals surface area contributed by atoms with Crippen molar-refractivity contribution in [2.24, 2.45) is 0 Å². The van der Waals surface area contributed by atoms with Gasteiger partial charge in [-0.2, -0.15) is 0 Å². The zero-order valence-corrected chi connectivity index (χ0v) is 13.9. The van der Waals surface area contributed by atoms with Crippen LogP contribution in [0.25, 0.3) is 11.0 Å². The molecule has 0 saturated heterocycles. The first-order chi connectivity index (χ1) is 12.6. The highest BCUT2D eigenvalue weighted by Crippen LogP contribution is 2.16. The summed E-state index contributed by atoms with van der Waals surface area (Å²) in [5.74, 6) is -0.848. The minimum absolute atomic E-state index is 0.0454. The van der Waals surface area contributed by atoms with Crippen LogP contribution in [0.4, 0.5) is 11.4 Å². The monoisotopic (exact) mass is 352 g/mol. The van der Waals surface area contributed by atoms with Gasteiger partial charge in [-0.1, -0.05) is 18.2 Å². The third-order valence-corrected chi connectivity index (χ3v) is 3.59. The first-order valence-electron chi connectivity index (χ1n) is 7.80. The molecule has 0 unspecified atom stereocenters. The van der Waals surface area contributed by atoms with E-state index < -0.39 is 11.5 Å². The van der Waals surface area contributed by atoms with E-state index in [1.54, 1.807) is 48.5 Å². The largest absolute Gasteiger partial charge is 0.422 e. The second kappa shape index (κ2) is 7.62. The Morgan fingerprint density at radius 2 is 1.65 bits per heavy atom. The number of methoxy groups -OCH3 is 1. The van der Waals surface area contributed by atoms with Crippen molar-refractivity contribution in [2.75, 3.05) is 24.4 Å². The van der Waals surface area contributed by atoms with Gasteiger partial charge in [0.15, 0.2) is 0 Å². The fraction of sp³-hybridized carbons (Fsp3) is 0.105. The molecule has 0 spiro atoms. The minimum Gasteiger partial charge on any atom is -0.422 e. The Morgan fingerprint density at radius 3 is 2.35 bits per heavy atom. The predicted octanol–water partition coefficient (Wildman–Crippen LogP) is 2.63.